The average molecular weight is 115 g/mol. The van der Waals surface area contributed by atoms with Gasteiger partial charge in [-0.15, -0.1) is 0 Å². The summed E-state index contributed by atoms with van der Waals surface area (Å²) in [5.74, 6) is 0. The van der Waals surface area contributed by atoms with Crippen molar-refractivity contribution in [2.24, 2.45) is 0 Å². The van der Waals surface area contributed by atoms with E-state index in [-0.39, 0.29) is 6.61 Å². The Labute approximate surface area is 48.3 Å². The SMILES string of the molecule is [O-][N+]#CCCCCO. The van der Waals surface area contributed by atoms with Gasteiger partial charge in [0.05, 0.1) is 6.42 Å². The topological polar surface area (TPSA) is 47.6 Å². The minimum absolute atomic E-state index is 0.181. The van der Waals surface area contributed by atoms with Crippen LogP contribution in [0.3, 0.4) is 0 Å². The fourth-order valence-electron chi connectivity index (χ4n) is 0.362. The van der Waals surface area contributed by atoms with Gasteiger partial charge in [-0.25, -0.2) is 0 Å². The molecule has 8 heavy (non-hydrogen) atoms. The largest absolute Gasteiger partial charge is 0.498 e. The Morgan fingerprint density at radius 3 is 2.75 bits per heavy atom. The lowest BCUT2D eigenvalue weighted by Crippen LogP contribution is -1.79. The van der Waals surface area contributed by atoms with E-state index in [0.717, 1.165) is 12.8 Å². The summed E-state index contributed by atoms with van der Waals surface area (Å²) in [6.45, 7) is 0.181. The highest BCUT2D eigenvalue weighted by atomic mass is 16.4. The molecule has 0 amide bonds. The third-order valence-corrected chi connectivity index (χ3v) is 0.761. The van der Waals surface area contributed by atoms with Crippen LogP contribution in [-0.4, -0.2) is 11.7 Å². The first kappa shape index (κ1) is 7.25. The van der Waals surface area contributed by atoms with Crippen LogP contribution >= 0.6 is 0 Å². The van der Waals surface area contributed by atoms with Crippen LogP contribution in [0.5, 0.6) is 0 Å². The smallest absolute Gasteiger partial charge is 0.298 e. The monoisotopic (exact) mass is 115 g/mol. The van der Waals surface area contributed by atoms with Crippen molar-refractivity contribution in [1.29, 1.82) is 0 Å². The van der Waals surface area contributed by atoms with Gasteiger partial charge in [0.25, 0.3) is 6.07 Å². The number of rotatable bonds is 3. The highest BCUT2D eigenvalue weighted by molar-refractivity contribution is 4.85. The zero-order valence-electron chi connectivity index (χ0n) is 4.63. The summed E-state index contributed by atoms with van der Waals surface area (Å²) in [6, 6.07) is 2.24. The van der Waals surface area contributed by atoms with Crippen molar-refractivity contribution in [3.63, 3.8) is 0 Å². The Balaban J connectivity index is 2.79. The van der Waals surface area contributed by atoms with Crippen LogP contribution in [0.15, 0.2) is 0 Å². The number of hydrogen-bond donors (Lipinski definition) is 1. The fourth-order valence-corrected chi connectivity index (χ4v) is 0.362. The van der Waals surface area contributed by atoms with Gasteiger partial charge in [0.1, 0.15) is 0 Å². The molecule has 0 rings (SSSR count). The number of aliphatic hydroxyl groups is 1. The zero-order valence-corrected chi connectivity index (χ0v) is 4.63. The Morgan fingerprint density at radius 1 is 1.50 bits per heavy atom. The van der Waals surface area contributed by atoms with E-state index in [2.05, 4.69) is 11.1 Å². The van der Waals surface area contributed by atoms with Crippen LogP contribution < -0.4 is 0 Å². The first-order valence-electron chi connectivity index (χ1n) is 2.58. The minimum Gasteiger partial charge on any atom is -0.498 e. The molecular weight excluding hydrogens is 106 g/mol. The predicted octanol–water partition coefficient (Wildman–Crippen LogP) is 0.980. The molecule has 3 nitrogen and oxygen atoms in total. The zero-order chi connectivity index (χ0) is 6.24. The van der Waals surface area contributed by atoms with Gasteiger partial charge in [-0.1, -0.05) is 0 Å². The van der Waals surface area contributed by atoms with Crippen LogP contribution in [0.4, 0.5) is 0 Å². The maximum atomic E-state index is 9.34. The second-order valence-electron chi connectivity index (χ2n) is 1.43. The summed E-state index contributed by atoms with van der Waals surface area (Å²) in [7, 11) is 0. The second kappa shape index (κ2) is 6.25. The van der Waals surface area contributed by atoms with Gasteiger partial charge in [-0.3, -0.25) is 0 Å². The summed E-state index contributed by atoms with van der Waals surface area (Å²) in [6.07, 6.45) is 2.08. The molecule has 0 aromatic heterocycles. The van der Waals surface area contributed by atoms with Crippen molar-refractivity contribution in [2.45, 2.75) is 19.3 Å². The molecule has 1 N–H and O–H groups in total. The predicted molar refractivity (Wildman–Crippen MR) is 31.6 cm³/mol. The highest BCUT2D eigenvalue weighted by Gasteiger charge is 1.85. The summed E-state index contributed by atoms with van der Waals surface area (Å²) >= 11 is 0. The summed E-state index contributed by atoms with van der Waals surface area (Å²) < 4.78 is 0. The van der Waals surface area contributed by atoms with E-state index in [1.165, 1.54) is 0 Å². The molecule has 0 heterocycles. The molecule has 0 aromatic carbocycles. The van der Waals surface area contributed by atoms with Crippen molar-refractivity contribution in [3.8, 4) is 6.07 Å². The van der Waals surface area contributed by atoms with Crippen molar-refractivity contribution in [3.05, 3.63) is 10.2 Å². The van der Waals surface area contributed by atoms with Crippen LogP contribution in [0.25, 0.3) is 5.01 Å². The molecular formula is C5H9NO2. The van der Waals surface area contributed by atoms with Gasteiger partial charge in [-0.05, 0) is 12.8 Å². The van der Waals surface area contributed by atoms with Crippen LogP contribution in [0, 0.1) is 11.3 Å². The first-order valence-corrected chi connectivity index (χ1v) is 2.58. The Bertz CT molecular complexity index is 92.3. The molecule has 0 unspecified atom stereocenters. The molecule has 0 saturated heterocycles. The summed E-state index contributed by atoms with van der Waals surface area (Å²) in [5, 5.41) is 20.0. The lowest BCUT2D eigenvalue weighted by molar-refractivity contribution is 0.285. The van der Waals surface area contributed by atoms with Crippen molar-refractivity contribution in [1.82, 2.24) is 0 Å². The Hall–Kier alpha value is -0.750. The molecule has 0 saturated carbocycles. The van der Waals surface area contributed by atoms with Gasteiger partial charge in [0.15, 0.2) is 0 Å². The lowest BCUT2D eigenvalue weighted by atomic mass is 10.3. The second-order valence-corrected chi connectivity index (χ2v) is 1.43. The average Bonchev–Trinajstić information content (AvgIpc) is 1.81. The van der Waals surface area contributed by atoms with E-state index >= 15 is 0 Å². The maximum absolute atomic E-state index is 9.34. The van der Waals surface area contributed by atoms with Crippen LogP contribution in [-0.2, 0) is 0 Å². The highest BCUT2D eigenvalue weighted by Crippen LogP contribution is 1.90. The lowest BCUT2D eigenvalue weighted by Gasteiger charge is -1.83. The van der Waals surface area contributed by atoms with Gasteiger partial charge >= 0.3 is 0 Å². The Kier molecular flexibility index (Phi) is 5.66. The number of unbranched alkanes of at least 4 members (excludes halogenated alkanes) is 2. The molecule has 0 radical (unpaired) electrons. The van der Waals surface area contributed by atoms with E-state index in [0.29, 0.717) is 6.42 Å². The quantitative estimate of drug-likeness (QED) is 0.440. The molecule has 3 heteroatoms. The van der Waals surface area contributed by atoms with Crippen molar-refractivity contribution < 1.29 is 5.11 Å². The van der Waals surface area contributed by atoms with E-state index in [9.17, 15) is 5.21 Å². The number of hydrogen-bond acceptors (Lipinski definition) is 2. The van der Waals surface area contributed by atoms with Crippen LogP contribution in [0.2, 0.25) is 0 Å². The molecule has 0 aliphatic heterocycles. The van der Waals surface area contributed by atoms with Gasteiger partial charge in [0, 0.05) is 11.6 Å². The summed E-state index contributed by atoms with van der Waals surface area (Å²) in [4.78, 5) is 0. The summed E-state index contributed by atoms with van der Waals surface area (Å²) in [5.41, 5.74) is 0. The third-order valence-electron chi connectivity index (χ3n) is 0.761. The normalized spacial score (nSPS) is 7.62. The molecule has 0 fully saturated rings. The molecule has 0 aliphatic carbocycles. The van der Waals surface area contributed by atoms with Crippen molar-refractivity contribution in [2.75, 3.05) is 6.61 Å². The van der Waals surface area contributed by atoms with Gasteiger partial charge < -0.3 is 10.3 Å². The number of nitrogens with zero attached hydrogens (tertiary/aromatic N) is 1. The van der Waals surface area contributed by atoms with Crippen molar-refractivity contribution >= 4 is 0 Å². The first-order chi connectivity index (χ1) is 3.91. The minimum atomic E-state index is 0.181. The van der Waals surface area contributed by atoms with E-state index in [1.54, 1.807) is 0 Å². The standard InChI is InChI=1S/C5H9NO2/c7-5-3-1-2-4-6-8/h7H,1-3,5H2. The molecule has 46 valence electrons. The van der Waals surface area contributed by atoms with Gasteiger partial charge in [-0.2, -0.15) is 0 Å². The van der Waals surface area contributed by atoms with E-state index in [4.69, 9.17) is 5.11 Å². The van der Waals surface area contributed by atoms with E-state index < -0.39 is 0 Å². The van der Waals surface area contributed by atoms with Gasteiger partial charge in [0.2, 0.25) is 0 Å². The van der Waals surface area contributed by atoms with E-state index in [1.807, 2.05) is 0 Å². The number of aliphatic hydroxyl groups excluding tert-OH is 1. The van der Waals surface area contributed by atoms with Crippen LogP contribution in [0.1, 0.15) is 19.3 Å². The Morgan fingerprint density at radius 2 is 2.25 bits per heavy atom. The molecule has 0 bridgehead atoms. The molecule has 0 aliphatic rings. The molecule has 0 atom stereocenters. The molecule has 0 spiro atoms. The molecule has 0 aromatic rings. The maximum Gasteiger partial charge on any atom is 0.298 e. The third kappa shape index (κ3) is 5.25. The fraction of sp³-hybridized carbons (Fsp3) is 0.800.